The predicted octanol–water partition coefficient (Wildman–Crippen LogP) is 3.88. The Morgan fingerprint density at radius 2 is 2.04 bits per heavy atom. The van der Waals surface area contributed by atoms with Crippen LogP contribution in [-0.4, -0.2) is 27.8 Å². The minimum atomic E-state index is -0.519. The van der Waals surface area contributed by atoms with Gasteiger partial charge in [0.1, 0.15) is 5.52 Å². The molecule has 0 aliphatic rings. The molecule has 7 heteroatoms. The second-order valence-corrected chi connectivity index (χ2v) is 5.90. The molecule has 3 rings (SSSR count). The zero-order chi connectivity index (χ0) is 16.6. The first-order valence-electron chi connectivity index (χ1n) is 6.86. The number of hydrogen-bond donors (Lipinski definition) is 0. The number of hydrogen-bond acceptors (Lipinski definition) is 4. The standard InChI is InChI=1S/C16H13Cl2N3O2/c1-9-3-6-13-14(19-9)15(16(22)23-2)20-21(13)8-10-4-5-11(17)7-12(10)18/h3-7H,8H2,1-2H3. The molecule has 23 heavy (non-hydrogen) atoms. The van der Waals surface area contributed by atoms with Crippen molar-refractivity contribution in [3.63, 3.8) is 0 Å². The highest BCUT2D eigenvalue weighted by molar-refractivity contribution is 6.35. The first-order valence-corrected chi connectivity index (χ1v) is 7.61. The molecule has 0 aliphatic carbocycles. The smallest absolute Gasteiger partial charge is 0.360 e. The van der Waals surface area contributed by atoms with Crippen LogP contribution in [0, 0.1) is 6.92 Å². The van der Waals surface area contributed by atoms with Gasteiger partial charge in [-0.2, -0.15) is 5.10 Å². The lowest BCUT2D eigenvalue weighted by Crippen LogP contribution is -2.06. The van der Waals surface area contributed by atoms with Crippen LogP contribution in [0.1, 0.15) is 21.7 Å². The molecule has 0 aliphatic heterocycles. The Morgan fingerprint density at radius 3 is 2.74 bits per heavy atom. The maximum atomic E-state index is 11.9. The zero-order valence-corrected chi connectivity index (χ0v) is 14.0. The quantitative estimate of drug-likeness (QED) is 0.673. The van der Waals surface area contributed by atoms with Crippen molar-refractivity contribution in [1.82, 2.24) is 14.8 Å². The van der Waals surface area contributed by atoms with Crippen LogP contribution in [0.15, 0.2) is 30.3 Å². The summed E-state index contributed by atoms with van der Waals surface area (Å²) in [4.78, 5) is 16.3. The van der Waals surface area contributed by atoms with Crippen LogP contribution < -0.4 is 0 Å². The molecular weight excluding hydrogens is 337 g/mol. The number of rotatable bonds is 3. The lowest BCUT2D eigenvalue weighted by Gasteiger charge is -2.06. The maximum absolute atomic E-state index is 11.9. The van der Waals surface area contributed by atoms with E-state index < -0.39 is 5.97 Å². The van der Waals surface area contributed by atoms with Gasteiger partial charge in [-0.15, -0.1) is 0 Å². The summed E-state index contributed by atoms with van der Waals surface area (Å²) in [6.07, 6.45) is 0. The largest absolute Gasteiger partial charge is 0.464 e. The van der Waals surface area contributed by atoms with E-state index in [0.29, 0.717) is 22.1 Å². The molecule has 0 spiro atoms. The number of aryl methyl sites for hydroxylation is 1. The summed E-state index contributed by atoms with van der Waals surface area (Å²) in [5.41, 5.74) is 3.09. The van der Waals surface area contributed by atoms with Crippen molar-refractivity contribution >= 4 is 40.2 Å². The Kier molecular flexibility index (Phi) is 4.24. The van der Waals surface area contributed by atoms with Gasteiger partial charge in [-0.3, -0.25) is 4.68 Å². The Bertz CT molecular complexity index is 906. The summed E-state index contributed by atoms with van der Waals surface area (Å²) < 4.78 is 6.47. The summed E-state index contributed by atoms with van der Waals surface area (Å²) in [5.74, 6) is -0.519. The van der Waals surface area contributed by atoms with E-state index in [1.165, 1.54) is 7.11 Å². The van der Waals surface area contributed by atoms with Crippen LogP contribution in [-0.2, 0) is 11.3 Å². The number of pyridine rings is 1. The monoisotopic (exact) mass is 349 g/mol. The van der Waals surface area contributed by atoms with Gasteiger partial charge in [-0.1, -0.05) is 29.3 Å². The maximum Gasteiger partial charge on any atom is 0.360 e. The molecular formula is C16H13Cl2N3O2. The van der Waals surface area contributed by atoms with E-state index in [0.717, 1.165) is 16.8 Å². The van der Waals surface area contributed by atoms with E-state index in [9.17, 15) is 4.79 Å². The van der Waals surface area contributed by atoms with Crippen molar-refractivity contribution in [2.45, 2.75) is 13.5 Å². The molecule has 0 atom stereocenters. The molecule has 2 aromatic heterocycles. The van der Waals surface area contributed by atoms with Gasteiger partial charge >= 0.3 is 5.97 Å². The minimum absolute atomic E-state index is 0.191. The lowest BCUT2D eigenvalue weighted by molar-refractivity contribution is 0.0595. The molecule has 0 N–H and O–H groups in total. The molecule has 3 aromatic rings. The fraction of sp³-hybridized carbons (Fsp3) is 0.188. The van der Waals surface area contributed by atoms with Crippen LogP contribution in [0.5, 0.6) is 0 Å². The Morgan fingerprint density at radius 1 is 1.26 bits per heavy atom. The Balaban J connectivity index is 2.12. The number of fused-ring (bicyclic) bond motifs is 1. The van der Waals surface area contributed by atoms with E-state index in [2.05, 4.69) is 10.1 Å². The van der Waals surface area contributed by atoms with Crippen LogP contribution in [0.2, 0.25) is 10.0 Å². The van der Waals surface area contributed by atoms with Gasteiger partial charge in [0, 0.05) is 15.7 Å². The van der Waals surface area contributed by atoms with E-state index >= 15 is 0 Å². The normalized spacial score (nSPS) is 11.0. The third-order valence-electron chi connectivity index (χ3n) is 3.45. The molecule has 0 radical (unpaired) electrons. The summed E-state index contributed by atoms with van der Waals surface area (Å²) in [6, 6.07) is 9.01. The highest BCUT2D eigenvalue weighted by atomic mass is 35.5. The second-order valence-electron chi connectivity index (χ2n) is 5.05. The molecule has 0 saturated heterocycles. The molecule has 0 bridgehead atoms. The molecule has 0 unspecified atom stereocenters. The highest BCUT2D eigenvalue weighted by Gasteiger charge is 2.19. The van der Waals surface area contributed by atoms with E-state index in [1.54, 1.807) is 16.8 Å². The molecule has 1 aromatic carbocycles. The average molecular weight is 350 g/mol. The van der Waals surface area contributed by atoms with Gasteiger partial charge in [0.2, 0.25) is 0 Å². The van der Waals surface area contributed by atoms with Gasteiger partial charge in [0.15, 0.2) is 5.69 Å². The first kappa shape index (κ1) is 15.8. The fourth-order valence-electron chi connectivity index (χ4n) is 2.32. The summed E-state index contributed by atoms with van der Waals surface area (Å²) in [6.45, 7) is 2.25. The van der Waals surface area contributed by atoms with Crippen molar-refractivity contribution in [1.29, 1.82) is 0 Å². The Labute approximate surface area is 142 Å². The van der Waals surface area contributed by atoms with Crippen LogP contribution >= 0.6 is 23.2 Å². The van der Waals surface area contributed by atoms with Crippen molar-refractivity contribution in [2.75, 3.05) is 7.11 Å². The summed E-state index contributed by atoms with van der Waals surface area (Å²) >= 11 is 12.1. The molecule has 0 saturated carbocycles. The molecule has 5 nitrogen and oxygen atoms in total. The number of aromatic nitrogens is 3. The molecule has 2 heterocycles. The van der Waals surface area contributed by atoms with E-state index in [4.69, 9.17) is 27.9 Å². The SMILES string of the molecule is COC(=O)c1nn(Cc2ccc(Cl)cc2Cl)c2ccc(C)nc12. The minimum Gasteiger partial charge on any atom is -0.464 e. The van der Waals surface area contributed by atoms with Gasteiger partial charge in [-0.25, -0.2) is 9.78 Å². The van der Waals surface area contributed by atoms with Gasteiger partial charge in [-0.05, 0) is 36.8 Å². The number of nitrogens with zero attached hydrogens (tertiary/aromatic N) is 3. The van der Waals surface area contributed by atoms with Crippen LogP contribution in [0.25, 0.3) is 11.0 Å². The first-order chi connectivity index (χ1) is 11.0. The number of esters is 1. The Hall–Kier alpha value is -2.11. The molecule has 118 valence electrons. The number of carbonyl (C=O) groups excluding carboxylic acids is 1. The third kappa shape index (κ3) is 3.02. The predicted molar refractivity (Wildman–Crippen MR) is 89.2 cm³/mol. The number of ether oxygens (including phenoxy) is 1. The van der Waals surface area contributed by atoms with E-state index in [-0.39, 0.29) is 5.69 Å². The van der Waals surface area contributed by atoms with E-state index in [1.807, 2.05) is 25.1 Å². The van der Waals surface area contributed by atoms with Gasteiger partial charge in [0.25, 0.3) is 0 Å². The van der Waals surface area contributed by atoms with Crippen molar-refractivity contribution in [3.8, 4) is 0 Å². The second kappa shape index (κ2) is 6.18. The van der Waals surface area contributed by atoms with Crippen molar-refractivity contribution in [3.05, 3.63) is 57.3 Å². The average Bonchev–Trinajstić information content (AvgIpc) is 2.87. The topological polar surface area (TPSA) is 57.0 Å². The molecule has 0 fully saturated rings. The number of benzene rings is 1. The number of halogens is 2. The zero-order valence-electron chi connectivity index (χ0n) is 12.5. The number of carbonyl (C=O) groups is 1. The summed E-state index contributed by atoms with van der Waals surface area (Å²) in [5, 5.41) is 5.46. The van der Waals surface area contributed by atoms with Gasteiger partial charge < -0.3 is 4.74 Å². The molecule has 0 amide bonds. The van der Waals surface area contributed by atoms with Gasteiger partial charge in [0.05, 0.1) is 19.2 Å². The highest BCUT2D eigenvalue weighted by Crippen LogP contribution is 2.24. The fourth-order valence-corrected chi connectivity index (χ4v) is 2.79. The number of methoxy groups -OCH3 is 1. The van der Waals surface area contributed by atoms with Crippen molar-refractivity contribution in [2.24, 2.45) is 0 Å². The summed E-state index contributed by atoms with van der Waals surface area (Å²) in [7, 11) is 1.32. The van der Waals surface area contributed by atoms with Crippen molar-refractivity contribution < 1.29 is 9.53 Å². The van der Waals surface area contributed by atoms with Crippen LogP contribution in [0.3, 0.4) is 0 Å². The van der Waals surface area contributed by atoms with Crippen LogP contribution in [0.4, 0.5) is 0 Å². The third-order valence-corrected chi connectivity index (χ3v) is 4.04. The lowest BCUT2D eigenvalue weighted by atomic mass is 10.2.